The summed E-state index contributed by atoms with van der Waals surface area (Å²) in [5.74, 6) is -3.37. The molecule has 0 radical (unpaired) electrons. The number of hydrogen-bond acceptors (Lipinski definition) is 6. The molecule has 0 amide bonds. The molecule has 0 fully saturated rings. The molecule has 3 aliphatic rings. The Kier molecular flexibility index (Phi) is 7.54. The molecule has 1 unspecified atom stereocenters. The Hall–Kier alpha value is -4.86. The van der Waals surface area contributed by atoms with Crippen molar-refractivity contribution in [1.82, 2.24) is 20.3 Å². The predicted octanol–water partition coefficient (Wildman–Crippen LogP) is 1.54. The number of aliphatic carboxylic acids is 1. The Morgan fingerprint density at radius 3 is 2.27 bits per heavy atom. The third kappa shape index (κ3) is 4.62. The van der Waals surface area contributed by atoms with Gasteiger partial charge in [0.2, 0.25) is 0 Å². The van der Waals surface area contributed by atoms with Crippen molar-refractivity contribution in [3.8, 4) is 0 Å². The van der Waals surface area contributed by atoms with Crippen molar-refractivity contribution >= 4 is 47.8 Å². The summed E-state index contributed by atoms with van der Waals surface area (Å²) in [5, 5.41) is 16.2. The first-order chi connectivity index (χ1) is 21.5. The van der Waals surface area contributed by atoms with Crippen LogP contribution in [0.4, 0.5) is 0 Å². The molecule has 6 rings (SSSR count). The van der Waals surface area contributed by atoms with Crippen LogP contribution in [-0.2, 0) is 27.2 Å². The second kappa shape index (κ2) is 11.3. The van der Waals surface area contributed by atoms with Crippen LogP contribution in [0.3, 0.4) is 0 Å². The number of fused-ring (bicyclic) bond motifs is 8. The number of ether oxygens (including phenoxy) is 1. The first-order valence-corrected chi connectivity index (χ1v) is 15.4. The second-order valence-electron chi connectivity index (χ2n) is 12.1. The predicted molar refractivity (Wildman–Crippen MR) is 169 cm³/mol. The number of esters is 1. The lowest BCUT2D eigenvalue weighted by molar-refractivity contribution is -0.142. The lowest BCUT2D eigenvalue weighted by Crippen LogP contribution is -2.39. The van der Waals surface area contributed by atoms with Gasteiger partial charge in [-0.25, -0.2) is 0 Å². The van der Waals surface area contributed by atoms with Crippen LogP contribution in [-0.4, -0.2) is 57.2 Å². The molecule has 3 aromatic heterocycles. The number of aromatic amines is 3. The van der Waals surface area contributed by atoms with Crippen LogP contribution in [0.25, 0.3) is 23.8 Å². The van der Waals surface area contributed by atoms with Gasteiger partial charge in [-0.3, -0.25) is 19.2 Å². The summed E-state index contributed by atoms with van der Waals surface area (Å²) < 4.78 is 5.15. The largest absolute Gasteiger partial charge is 0.481 e. The van der Waals surface area contributed by atoms with Crippen molar-refractivity contribution in [2.75, 3.05) is 7.11 Å². The Labute approximate surface area is 259 Å². The van der Waals surface area contributed by atoms with E-state index in [4.69, 9.17) is 4.74 Å². The van der Waals surface area contributed by atoms with Gasteiger partial charge in [0.25, 0.3) is 0 Å². The number of allylic oxidation sites excluding steroid dienone is 1. The molecule has 10 nitrogen and oxygen atoms in total. The van der Waals surface area contributed by atoms with Crippen molar-refractivity contribution < 1.29 is 29.0 Å². The topological polar surface area (TPSA) is 157 Å². The van der Waals surface area contributed by atoms with Gasteiger partial charge in [-0.05, 0) is 91.7 Å². The third-order valence-corrected chi connectivity index (χ3v) is 9.88. The molecular formula is C35H38N4O6. The number of methoxy groups -OCH3 is 1. The van der Waals surface area contributed by atoms with E-state index in [-0.39, 0.29) is 18.1 Å². The number of aromatic nitrogens is 3. The molecule has 0 saturated carbocycles. The van der Waals surface area contributed by atoms with Crippen LogP contribution in [0.2, 0.25) is 0 Å². The van der Waals surface area contributed by atoms with E-state index in [1.807, 2.05) is 39.0 Å². The van der Waals surface area contributed by atoms with Crippen molar-refractivity contribution in [3.05, 3.63) is 77.4 Å². The second-order valence-corrected chi connectivity index (χ2v) is 12.1. The summed E-state index contributed by atoms with van der Waals surface area (Å²) in [7, 11) is 1.27. The molecular weight excluding hydrogens is 572 g/mol. The minimum atomic E-state index is -1.16. The standard InChI is InChI=1S/C35H38N4O6/c1-7-18-15(3)22-11-23-16(4)20(9-10-28(41)42)32(38-23)30-31(35(44)45-6)34(43)29-17(5)24(39-33(29)30)12-26-19(8-2)21(14-40)27(37-26)13-25(18)36-22/h11-14,20,31-32,36-39H,7-10H2,1-6H3,(H,41,42)/b22-11-,24-12-,25-13-/t20-,31+,32?/m0/s1. The number of rotatable bonds is 7. The maximum Gasteiger partial charge on any atom is 0.320 e. The number of carbonyl (C=O) groups is 4. The Morgan fingerprint density at radius 2 is 1.62 bits per heavy atom. The molecule has 1 aliphatic carbocycles. The number of Topliss-reactive ketones (excluding diaryl/α,β-unsaturated/α-hetero) is 1. The van der Waals surface area contributed by atoms with Gasteiger partial charge in [0.15, 0.2) is 12.1 Å². The Bertz CT molecular complexity index is 2090. The van der Waals surface area contributed by atoms with E-state index in [1.165, 1.54) is 7.11 Å². The van der Waals surface area contributed by atoms with Gasteiger partial charge in [0.05, 0.1) is 24.2 Å². The minimum Gasteiger partial charge on any atom is -0.481 e. The van der Waals surface area contributed by atoms with E-state index in [2.05, 4.69) is 34.1 Å². The third-order valence-electron chi connectivity index (χ3n) is 9.88. The van der Waals surface area contributed by atoms with Gasteiger partial charge in [-0.2, -0.15) is 0 Å². The first kappa shape index (κ1) is 30.2. The molecule has 5 N–H and O–H groups in total. The molecule has 3 atom stereocenters. The summed E-state index contributed by atoms with van der Waals surface area (Å²) in [6.45, 7) is 9.95. The summed E-state index contributed by atoms with van der Waals surface area (Å²) in [6.07, 6.45) is 8.42. The average molecular weight is 611 g/mol. The van der Waals surface area contributed by atoms with Gasteiger partial charge in [0, 0.05) is 50.9 Å². The highest BCUT2D eigenvalue weighted by molar-refractivity contribution is 6.19. The lowest BCUT2D eigenvalue weighted by atomic mass is 9.82. The molecule has 234 valence electrons. The number of carbonyl (C=O) groups excluding carboxylic acids is 3. The van der Waals surface area contributed by atoms with Crippen molar-refractivity contribution in [1.29, 1.82) is 0 Å². The summed E-state index contributed by atoms with van der Waals surface area (Å²) in [4.78, 5) is 61.9. The van der Waals surface area contributed by atoms with Gasteiger partial charge < -0.3 is 30.1 Å². The normalized spacial score (nSPS) is 22.3. The van der Waals surface area contributed by atoms with E-state index in [0.29, 0.717) is 51.5 Å². The van der Waals surface area contributed by atoms with E-state index in [9.17, 15) is 24.3 Å². The zero-order valence-electron chi connectivity index (χ0n) is 26.4. The first-order valence-electron chi connectivity index (χ1n) is 15.4. The molecule has 0 aromatic carbocycles. The average Bonchev–Trinajstić information content (AvgIpc) is 3.76. The van der Waals surface area contributed by atoms with E-state index in [0.717, 1.165) is 57.1 Å². The fraction of sp³-hybridized carbons (Fsp3) is 0.371. The Balaban J connectivity index is 1.75. The summed E-state index contributed by atoms with van der Waals surface area (Å²) in [6, 6.07) is -0.527. The summed E-state index contributed by atoms with van der Waals surface area (Å²) >= 11 is 0. The number of H-pyrrole nitrogens is 3. The molecule has 5 heterocycles. The highest BCUT2D eigenvalue weighted by atomic mass is 16.5. The molecule has 3 aromatic rings. The number of aldehydes is 1. The SMILES string of the molecule is CCc1c2[nH]c(c1C=O)/C=c1\[nH]/c(c(C)c1CC)=C\C1=C(C)[C@H](CCC(=O)O)C(N1)C1=c3[nH]/c(c(C)c3C(=O)[C@@H]1C(=O)OC)=C\2. The van der Waals surface area contributed by atoms with E-state index >= 15 is 0 Å². The monoisotopic (exact) mass is 610 g/mol. The smallest absolute Gasteiger partial charge is 0.320 e. The van der Waals surface area contributed by atoms with Crippen LogP contribution in [0.5, 0.6) is 0 Å². The van der Waals surface area contributed by atoms with Crippen LogP contribution < -0.4 is 26.7 Å². The minimum absolute atomic E-state index is 0.0678. The quantitative estimate of drug-likeness (QED) is 0.154. The van der Waals surface area contributed by atoms with E-state index < -0.39 is 23.9 Å². The number of nitrogens with one attached hydrogen (secondary N) is 4. The van der Waals surface area contributed by atoms with Gasteiger partial charge in [-0.15, -0.1) is 0 Å². The maximum atomic E-state index is 14.0. The van der Waals surface area contributed by atoms with Crippen LogP contribution >= 0.6 is 0 Å². The van der Waals surface area contributed by atoms with Gasteiger partial charge >= 0.3 is 11.9 Å². The highest BCUT2D eigenvalue weighted by Gasteiger charge is 2.47. The van der Waals surface area contributed by atoms with Crippen molar-refractivity contribution in [2.24, 2.45) is 11.8 Å². The van der Waals surface area contributed by atoms with E-state index in [1.54, 1.807) is 0 Å². The molecule has 8 bridgehead atoms. The zero-order chi connectivity index (χ0) is 32.3. The van der Waals surface area contributed by atoms with Crippen molar-refractivity contribution in [3.63, 3.8) is 0 Å². The highest BCUT2D eigenvalue weighted by Crippen LogP contribution is 2.39. The molecule has 10 heteroatoms. The molecule has 0 spiro atoms. The number of carboxylic acids is 1. The fourth-order valence-electron chi connectivity index (χ4n) is 7.53. The van der Waals surface area contributed by atoms with Crippen LogP contribution in [0.15, 0.2) is 11.3 Å². The molecule has 0 saturated heterocycles. The number of carboxylic acid groups (broad SMARTS) is 1. The van der Waals surface area contributed by atoms with Gasteiger partial charge in [-0.1, -0.05) is 13.8 Å². The Morgan fingerprint density at radius 1 is 0.933 bits per heavy atom. The summed E-state index contributed by atoms with van der Waals surface area (Å²) in [5.41, 5.74) is 8.48. The zero-order valence-corrected chi connectivity index (χ0v) is 26.4. The fourth-order valence-corrected chi connectivity index (χ4v) is 7.53. The maximum absolute atomic E-state index is 14.0. The lowest BCUT2D eigenvalue weighted by Gasteiger charge is -2.25. The van der Waals surface area contributed by atoms with Crippen LogP contribution in [0.1, 0.15) is 88.0 Å². The molecule has 2 aliphatic heterocycles. The molecule has 45 heavy (non-hydrogen) atoms. The van der Waals surface area contributed by atoms with Crippen molar-refractivity contribution in [2.45, 2.75) is 66.3 Å². The number of hydrogen-bond donors (Lipinski definition) is 5. The van der Waals surface area contributed by atoms with Gasteiger partial charge in [0.1, 0.15) is 5.92 Å². The van der Waals surface area contributed by atoms with Crippen LogP contribution in [0, 0.1) is 25.7 Å². The number of ketones is 1.